The Morgan fingerprint density at radius 3 is 2.55 bits per heavy atom. The number of aryl methyl sites for hydroxylation is 1. The second-order valence-corrected chi connectivity index (χ2v) is 5.61. The molecule has 2 rings (SSSR count). The third kappa shape index (κ3) is 3.34. The maximum atomic E-state index is 5.32. The molecular formula is C17H20BrNO. The molecule has 0 heterocycles. The Hall–Kier alpha value is -1.48. The smallest absolute Gasteiger partial charge is 0.119 e. The molecule has 0 saturated heterocycles. The van der Waals surface area contributed by atoms with Gasteiger partial charge in [0.1, 0.15) is 5.75 Å². The Morgan fingerprint density at radius 2 is 1.90 bits per heavy atom. The quantitative estimate of drug-likeness (QED) is 0.779. The van der Waals surface area contributed by atoms with Crippen LogP contribution >= 0.6 is 15.9 Å². The van der Waals surface area contributed by atoms with Gasteiger partial charge < -0.3 is 9.64 Å². The van der Waals surface area contributed by atoms with Crippen molar-refractivity contribution in [2.45, 2.75) is 20.4 Å². The zero-order valence-corrected chi connectivity index (χ0v) is 13.8. The second kappa shape index (κ2) is 6.80. The SMILES string of the molecule is CCN(Cc1cc(OC)ccc1Br)c1ccccc1C. The first kappa shape index (κ1) is 14.9. The van der Waals surface area contributed by atoms with Gasteiger partial charge in [0.15, 0.2) is 0 Å². The van der Waals surface area contributed by atoms with E-state index in [1.54, 1.807) is 7.11 Å². The number of rotatable bonds is 5. The summed E-state index contributed by atoms with van der Waals surface area (Å²) >= 11 is 3.63. The lowest BCUT2D eigenvalue weighted by Gasteiger charge is -2.25. The summed E-state index contributed by atoms with van der Waals surface area (Å²) in [6.45, 7) is 6.16. The van der Waals surface area contributed by atoms with Gasteiger partial charge in [-0.2, -0.15) is 0 Å². The van der Waals surface area contributed by atoms with Crippen molar-refractivity contribution in [1.82, 2.24) is 0 Å². The zero-order chi connectivity index (χ0) is 14.5. The van der Waals surface area contributed by atoms with Gasteiger partial charge in [-0.25, -0.2) is 0 Å². The van der Waals surface area contributed by atoms with Gasteiger partial charge in [0.25, 0.3) is 0 Å². The van der Waals surface area contributed by atoms with E-state index in [-0.39, 0.29) is 0 Å². The van der Waals surface area contributed by atoms with E-state index < -0.39 is 0 Å². The molecule has 0 atom stereocenters. The van der Waals surface area contributed by atoms with Crippen LogP contribution in [0.3, 0.4) is 0 Å². The number of methoxy groups -OCH3 is 1. The molecule has 0 bridgehead atoms. The number of anilines is 1. The molecule has 3 heteroatoms. The summed E-state index contributed by atoms with van der Waals surface area (Å²) < 4.78 is 6.43. The molecule has 0 amide bonds. The van der Waals surface area contributed by atoms with Crippen LogP contribution in [0.25, 0.3) is 0 Å². The van der Waals surface area contributed by atoms with Crippen molar-refractivity contribution in [2.24, 2.45) is 0 Å². The minimum absolute atomic E-state index is 0.860. The van der Waals surface area contributed by atoms with Crippen LogP contribution in [0.1, 0.15) is 18.1 Å². The minimum Gasteiger partial charge on any atom is -0.497 e. The van der Waals surface area contributed by atoms with Gasteiger partial charge >= 0.3 is 0 Å². The number of hydrogen-bond donors (Lipinski definition) is 0. The van der Waals surface area contributed by atoms with Crippen LogP contribution in [0.2, 0.25) is 0 Å². The van der Waals surface area contributed by atoms with Crippen molar-refractivity contribution in [3.05, 3.63) is 58.1 Å². The Kier molecular flexibility index (Phi) is 5.07. The lowest BCUT2D eigenvalue weighted by molar-refractivity contribution is 0.414. The molecule has 0 radical (unpaired) electrons. The maximum Gasteiger partial charge on any atom is 0.119 e. The van der Waals surface area contributed by atoms with Crippen molar-refractivity contribution in [2.75, 3.05) is 18.6 Å². The highest BCUT2D eigenvalue weighted by atomic mass is 79.9. The molecular weight excluding hydrogens is 314 g/mol. The average Bonchev–Trinajstić information content (AvgIpc) is 2.47. The number of para-hydroxylation sites is 1. The van der Waals surface area contributed by atoms with Crippen LogP contribution < -0.4 is 9.64 Å². The van der Waals surface area contributed by atoms with Gasteiger partial charge in [-0.05, 0) is 49.2 Å². The van der Waals surface area contributed by atoms with Crippen LogP contribution in [-0.2, 0) is 6.54 Å². The fourth-order valence-corrected chi connectivity index (χ4v) is 2.66. The van der Waals surface area contributed by atoms with Gasteiger partial charge in [0.2, 0.25) is 0 Å². The monoisotopic (exact) mass is 333 g/mol. The van der Waals surface area contributed by atoms with E-state index in [2.05, 4.69) is 65.0 Å². The molecule has 2 aromatic rings. The molecule has 0 spiro atoms. The third-order valence-corrected chi connectivity index (χ3v) is 4.23. The van der Waals surface area contributed by atoms with Crippen molar-refractivity contribution in [3.63, 3.8) is 0 Å². The highest BCUT2D eigenvalue weighted by Crippen LogP contribution is 2.27. The fourth-order valence-electron chi connectivity index (χ4n) is 2.29. The first-order valence-corrected chi connectivity index (χ1v) is 7.58. The summed E-state index contributed by atoms with van der Waals surface area (Å²) in [6, 6.07) is 14.6. The van der Waals surface area contributed by atoms with E-state index in [1.807, 2.05) is 12.1 Å². The molecule has 2 aromatic carbocycles. The predicted octanol–water partition coefficient (Wildman–Crippen LogP) is 4.79. The van der Waals surface area contributed by atoms with Crippen molar-refractivity contribution in [3.8, 4) is 5.75 Å². The van der Waals surface area contributed by atoms with Crippen molar-refractivity contribution < 1.29 is 4.74 Å². The average molecular weight is 334 g/mol. The molecule has 0 saturated carbocycles. The Bertz CT molecular complexity index is 583. The minimum atomic E-state index is 0.860. The van der Waals surface area contributed by atoms with E-state index in [9.17, 15) is 0 Å². The number of nitrogens with zero attached hydrogens (tertiary/aromatic N) is 1. The molecule has 106 valence electrons. The number of benzene rings is 2. The molecule has 20 heavy (non-hydrogen) atoms. The lowest BCUT2D eigenvalue weighted by Crippen LogP contribution is -2.23. The highest BCUT2D eigenvalue weighted by Gasteiger charge is 2.10. The van der Waals surface area contributed by atoms with Crippen molar-refractivity contribution in [1.29, 1.82) is 0 Å². The summed E-state index contributed by atoms with van der Waals surface area (Å²) in [5, 5.41) is 0. The number of halogens is 1. The molecule has 0 aliphatic rings. The van der Waals surface area contributed by atoms with Crippen LogP contribution in [-0.4, -0.2) is 13.7 Å². The summed E-state index contributed by atoms with van der Waals surface area (Å²) in [5.74, 6) is 0.893. The van der Waals surface area contributed by atoms with Crippen LogP contribution in [0.5, 0.6) is 5.75 Å². The topological polar surface area (TPSA) is 12.5 Å². The first-order chi connectivity index (χ1) is 9.65. The van der Waals surface area contributed by atoms with Crippen LogP contribution in [0.4, 0.5) is 5.69 Å². The Morgan fingerprint density at radius 1 is 1.15 bits per heavy atom. The zero-order valence-electron chi connectivity index (χ0n) is 12.2. The number of ether oxygens (including phenoxy) is 1. The number of hydrogen-bond acceptors (Lipinski definition) is 2. The molecule has 0 unspecified atom stereocenters. The first-order valence-electron chi connectivity index (χ1n) is 6.78. The molecule has 2 nitrogen and oxygen atoms in total. The van der Waals surface area contributed by atoms with Crippen LogP contribution in [0.15, 0.2) is 46.9 Å². The standard InChI is InChI=1S/C17H20BrNO/c1-4-19(17-8-6-5-7-13(17)2)12-14-11-15(20-3)9-10-16(14)18/h5-11H,4,12H2,1-3H3. The van der Waals surface area contributed by atoms with E-state index in [4.69, 9.17) is 4.74 Å². The third-order valence-electron chi connectivity index (χ3n) is 3.45. The summed E-state index contributed by atoms with van der Waals surface area (Å²) in [6.07, 6.45) is 0. The van der Waals surface area contributed by atoms with Crippen molar-refractivity contribution >= 4 is 21.6 Å². The van der Waals surface area contributed by atoms with E-state index in [0.29, 0.717) is 0 Å². The molecule has 0 aromatic heterocycles. The fraction of sp³-hybridized carbons (Fsp3) is 0.294. The van der Waals surface area contributed by atoms with E-state index in [0.717, 1.165) is 23.3 Å². The second-order valence-electron chi connectivity index (χ2n) is 4.76. The van der Waals surface area contributed by atoms with Gasteiger partial charge in [-0.3, -0.25) is 0 Å². The van der Waals surface area contributed by atoms with E-state index >= 15 is 0 Å². The Balaban J connectivity index is 2.29. The summed E-state index contributed by atoms with van der Waals surface area (Å²) in [7, 11) is 1.70. The molecule has 0 fully saturated rings. The van der Waals surface area contributed by atoms with Gasteiger partial charge in [0, 0.05) is 23.2 Å². The van der Waals surface area contributed by atoms with E-state index in [1.165, 1.54) is 16.8 Å². The molecule has 0 N–H and O–H groups in total. The maximum absolute atomic E-state index is 5.32. The van der Waals surface area contributed by atoms with Gasteiger partial charge in [-0.1, -0.05) is 34.1 Å². The largest absolute Gasteiger partial charge is 0.497 e. The van der Waals surface area contributed by atoms with Crippen LogP contribution in [0, 0.1) is 6.92 Å². The highest BCUT2D eigenvalue weighted by molar-refractivity contribution is 9.10. The van der Waals surface area contributed by atoms with Gasteiger partial charge in [0.05, 0.1) is 7.11 Å². The summed E-state index contributed by atoms with van der Waals surface area (Å²) in [4.78, 5) is 2.37. The lowest BCUT2D eigenvalue weighted by atomic mass is 10.1. The molecule has 0 aliphatic carbocycles. The summed E-state index contributed by atoms with van der Waals surface area (Å²) in [5.41, 5.74) is 3.81. The Labute approximate surface area is 129 Å². The van der Waals surface area contributed by atoms with Gasteiger partial charge in [-0.15, -0.1) is 0 Å². The normalized spacial score (nSPS) is 10.4. The molecule has 0 aliphatic heterocycles. The predicted molar refractivity (Wildman–Crippen MR) is 88.6 cm³/mol.